The van der Waals surface area contributed by atoms with Crippen molar-refractivity contribution in [1.82, 2.24) is 4.90 Å². The fourth-order valence-electron chi connectivity index (χ4n) is 2.02. The number of carboxylic acid groups (broad SMARTS) is 1. The first-order valence-electron chi connectivity index (χ1n) is 4.71. The van der Waals surface area contributed by atoms with Crippen molar-refractivity contribution in [2.24, 2.45) is 0 Å². The zero-order chi connectivity index (χ0) is 9.42. The number of hydrogen-bond donors (Lipinski definition) is 1. The van der Waals surface area contributed by atoms with Crippen molar-refractivity contribution in [2.45, 2.75) is 44.2 Å². The molecule has 1 aliphatic heterocycles. The molecule has 1 unspecified atom stereocenters. The molecule has 1 amide bonds. The maximum Gasteiger partial charge on any atom is 0.305 e. The highest BCUT2D eigenvalue weighted by molar-refractivity contribution is 5.80. The van der Waals surface area contributed by atoms with Gasteiger partial charge in [0.15, 0.2) is 0 Å². The first kappa shape index (κ1) is 8.53. The third-order valence-corrected chi connectivity index (χ3v) is 2.72. The van der Waals surface area contributed by atoms with Gasteiger partial charge in [-0.3, -0.25) is 9.59 Å². The van der Waals surface area contributed by atoms with Crippen LogP contribution in [0.15, 0.2) is 0 Å². The van der Waals surface area contributed by atoms with Crippen LogP contribution in [-0.4, -0.2) is 34.0 Å². The van der Waals surface area contributed by atoms with Crippen molar-refractivity contribution < 1.29 is 14.7 Å². The number of amides is 1. The Morgan fingerprint density at radius 2 is 2.15 bits per heavy atom. The summed E-state index contributed by atoms with van der Waals surface area (Å²) in [7, 11) is 0. The minimum atomic E-state index is -0.801. The standard InChI is InChI=1S/C9H13NO3/c11-8-4-3-7(5-9(12)13)10(8)6-1-2-6/h6-7H,1-5H2,(H,12,13). The SMILES string of the molecule is O=C(O)CC1CCC(=O)N1C1CC1. The van der Waals surface area contributed by atoms with Gasteiger partial charge < -0.3 is 10.0 Å². The van der Waals surface area contributed by atoms with Crippen molar-refractivity contribution in [3.63, 3.8) is 0 Å². The molecule has 72 valence electrons. The smallest absolute Gasteiger partial charge is 0.305 e. The first-order valence-corrected chi connectivity index (χ1v) is 4.71. The van der Waals surface area contributed by atoms with Crippen molar-refractivity contribution >= 4 is 11.9 Å². The van der Waals surface area contributed by atoms with Gasteiger partial charge in [-0.1, -0.05) is 0 Å². The predicted octanol–water partition coefficient (Wildman–Crippen LogP) is 0.615. The zero-order valence-electron chi connectivity index (χ0n) is 7.40. The molecule has 1 aliphatic carbocycles. The van der Waals surface area contributed by atoms with Gasteiger partial charge in [-0.15, -0.1) is 0 Å². The van der Waals surface area contributed by atoms with Gasteiger partial charge in [0.2, 0.25) is 5.91 Å². The molecule has 4 nitrogen and oxygen atoms in total. The molecule has 0 bridgehead atoms. The highest BCUT2D eigenvalue weighted by atomic mass is 16.4. The Kier molecular flexibility index (Phi) is 1.98. The summed E-state index contributed by atoms with van der Waals surface area (Å²) in [6, 6.07) is 0.330. The Balaban J connectivity index is 2.01. The summed E-state index contributed by atoms with van der Waals surface area (Å²) in [5.74, 6) is -0.654. The van der Waals surface area contributed by atoms with E-state index in [0.717, 1.165) is 19.3 Å². The lowest BCUT2D eigenvalue weighted by Crippen LogP contribution is -2.36. The molecule has 2 aliphatic rings. The van der Waals surface area contributed by atoms with Crippen LogP contribution >= 0.6 is 0 Å². The minimum Gasteiger partial charge on any atom is -0.481 e. The van der Waals surface area contributed by atoms with Crippen LogP contribution in [0, 0.1) is 0 Å². The van der Waals surface area contributed by atoms with Crippen LogP contribution in [0.2, 0.25) is 0 Å². The summed E-state index contributed by atoms with van der Waals surface area (Å²) in [4.78, 5) is 23.7. The third kappa shape index (κ3) is 1.66. The normalized spacial score (nSPS) is 28.2. The van der Waals surface area contributed by atoms with E-state index in [2.05, 4.69) is 0 Å². The number of hydrogen-bond acceptors (Lipinski definition) is 2. The maximum atomic E-state index is 11.4. The van der Waals surface area contributed by atoms with Crippen molar-refractivity contribution in [3.8, 4) is 0 Å². The lowest BCUT2D eigenvalue weighted by Gasteiger charge is -2.22. The molecule has 1 heterocycles. The Bertz CT molecular complexity index is 247. The highest BCUT2D eigenvalue weighted by Crippen LogP contribution is 2.35. The van der Waals surface area contributed by atoms with Crippen LogP contribution in [-0.2, 0) is 9.59 Å². The van der Waals surface area contributed by atoms with Crippen LogP contribution in [0.25, 0.3) is 0 Å². The first-order chi connectivity index (χ1) is 6.18. The van der Waals surface area contributed by atoms with Crippen LogP contribution < -0.4 is 0 Å². The second-order valence-electron chi connectivity index (χ2n) is 3.82. The van der Waals surface area contributed by atoms with E-state index in [1.807, 2.05) is 0 Å². The predicted molar refractivity (Wildman–Crippen MR) is 45.1 cm³/mol. The molecule has 0 aromatic carbocycles. The molecule has 4 heteroatoms. The van der Waals surface area contributed by atoms with Crippen molar-refractivity contribution in [1.29, 1.82) is 0 Å². The molecule has 0 spiro atoms. The number of carbonyl (C=O) groups is 2. The van der Waals surface area contributed by atoms with Gasteiger partial charge in [0, 0.05) is 18.5 Å². The molecule has 1 N–H and O–H groups in total. The number of likely N-dealkylation sites (tertiary alicyclic amines) is 1. The van der Waals surface area contributed by atoms with Crippen molar-refractivity contribution in [2.75, 3.05) is 0 Å². The molecule has 1 atom stereocenters. The van der Waals surface area contributed by atoms with E-state index in [0.29, 0.717) is 12.5 Å². The van der Waals surface area contributed by atoms with Gasteiger partial charge in [-0.05, 0) is 19.3 Å². The van der Waals surface area contributed by atoms with E-state index in [1.54, 1.807) is 4.90 Å². The lowest BCUT2D eigenvalue weighted by molar-refractivity contribution is -0.139. The fraction of sp³-hybridized carbons (Fsp3) is 0.778. The summed E-state index contributed by atoms with van der Waals surface area (Å²) in [6.07, 6.45) is 3.49. The van der Waals surface area contributed by atoms with Gasteiger partial charge in [-0.2, -0.15) is 0 Å². The molecule has 0 aromatic heterocycles. The van der Waals surface area contributed by atoms with Crippen LogP contribution in [0.1, 0.15) is 32.1 Å². The van der Waals surface area contributed by atoms with Gasteiger partial charge in [0.25, 0.3) is 0 Å². The molecule has 0 aromatic rings. The maximum absolute atomic E-state index is 11.4. The fourth-order valence-corrected chi connectivity index (χ4v) is 2.02. The lowest BCUT2D eigenvalue weighted by atomic mass is 10.1. The van der Waals surface area contributed by atoms with Crippen LogP contribution in [0.5, 0.6) is 0 Å². The number of carboxylic acids is 1. The van der Waals surface area contributed by atoms with Crippen LogP contribution in [0.4, 0.5) is 0 Å². The molecule has 0 radical (unpaired) electrons. The third-order valence-electron chi connectivity index (χ3n) is 2.72. The van der Waals surface area contributed by atoms with Gasteiger partial charge in [0.1, 0.15) is 0 Å². The Morgan fingerprint density at radius 1 is 1.46 bits per heavy atom. The number of carbonyl (C=O) groups excluding carboxylic acids is 1. The minimum absolute atomic E-state index is 0.0301. The Labute approximate surface area is 76.5 Å². The monoisotopic (exact) mass is 183 g/mol. The molecule has 2 rings (SSSR count). The molecule has 13 heavy (non-hydrogen) atoms. The van der Waals surface area contributed by atoms with Crippen molar-refractivity contribution in [3.05, 3.63) is 0 Å². The van der Waals surface area contributed by atoms with E-state index >= 15 is 0 Å². The average molecular weight is 183 g/mol. The number of rotatable bonds is 3. The van der Waals surface area contributed by atoms with E-state index in [-0.39, 0.29) is 18.4 Å². The largest absolute Gasteiger partial charge is 0.481 e. The van der Waals surface area contributed by atoms with Gasteiger partial charge in [0.05, 0.1) is 6.42 Å². The van der Waals surface area contributed by atoms with Crippen LogP contribution in [0.3, 0.4) is 0 Å². The quantitative estimate of drug-likeness (QED) is 0.697. The molecular formula is C9H13NO3. The van der Waals surface area contributed by atoms with Gasteiger partial charge in [-0.25, -0.2) is 0 Å². The van der Waals surface area contributed by atoms with E-state index in [1.165, 1.54) is 0 Å². The Morgan fingerprint density at radius 3 is 2.69 bits per heavy atom. The summed E-state index contributed by atoms with van der Waals surface area (Å²) in [5.41, 5.74) is 0. The summed E-state index contributed by atoms with van der Waals surface area (Å²) in [6.45, 7) is 0. The number of aliphatic carboxylic acids is 1. The van der Waals surface area contributed by atoms with E-state index in [4.69, 9.17) is 5.11 Å². The number of nitrogens with zero attached hydrogens (tertiary/aromatic N) is 1. The highest BCUT2D eigenvalue weighted by Gasteiger charge is 2.41. The molecule has 1 saturated carbocycles. The molecule has 2 fully saturated rings. The second kappa shape index (κ2) is 3.01. The summed E-state index contributed by atoms with van der Waals surface area (Å²) >= 11 is 0. The Hall–Kier alpha value is -1.06. The second-order valence-corrected chi connectivity index (χ2v) is 3.82. The molecule has 1 saturated heterocycles. The van der Waals surface area contributed by atoms with Gasteiger partial charge >= 0.3 is 5.97 Å². The summed E-state index contributed by atoms with van der Waals surface area (Å²) < 4.78 is 0. The zero-order valence-corrected chi connectivity index (χ0v) is 7.40. The topological polar surface area (TPSA) is 57.6 Å². The van der Waals surface area contributed by atoms with E-state index in [9.17, 15) is 9.59 Å². The average Bonchev–Trinajstić information content (AvgIpc) is 2.79. The summed E-state index contributed by atoms with van der Waals surface area (Å²) in [5, 5.41) is 8.64. The van der Waals surface area contributed by atoms with E-state index < -0.39 is 5.97 Å². The molecular weight excluding hydrogens is 170 g/mol.